The molecule has 4 nitrogen and oxygen atoms in total. The van der Waals surface area contributed by atoms with Crippen LogP contribution in [0.5, 0.6) is 0 Å². The van der Waals surface area contributed by atoms with E-state index >= 15 is 0 Å². The third-order valence-corrected chi connectivity index (χ3v) is 2.21. The van der Waals surface area contributed by atoms with Crippen LogP contribution in [-0.4, -0.2) is 21.0 Å². The third-order valence-electron chi connectivity index (χ3n) is 1.58. The third kappa shape index (κ3) is 2.09. The first-order chi connectivity index (χ1) is 5.96. The molecule has 0 saturated heterocycles. The normalized spacial score (nSPS) is 11.7. The summed E-state index contributed by atoms with van der Waals surface area (Å²) in [5.41, 5.74) is -0.349. The van der Waals surface area contributed by atoms with E-state index in [0.29, 0.717) is 5.16 Å². The van der Waals surface area contributed by atoms with Crippen LogP contribution in [0.4, 0.5) is 0 Å². The van der Waals surface area contributed by atoms with Crippen molar-refractivity contribution < 1.29 is 0 Å². The van der Waals surface area contributed by atoms with Gasteiger partial charge in [0, 0.05) is 5.54 Å². The summed E-state index contributed by atoms with van der Waals surface area (Å²) in [7, 11) is 0. The molecule has 0 radical (unpaired) electrons. The van der Waals surface area contributed by atoms with Crippen molar-refractivity contribution in [2.75, 3.05) is 6.26 Å². The molecule has 0 aliphatic heterocycles. The molecule has 0 bridgehead atoms. The average molecular weight is 199 g/mol. The lowest BCUT2D eigenvalue weighted by atomic mass is 10.1. The summed E-state index contributed by atoms with van der Waals surface area (Å²) < 4.78 is 1.64. The Labute approximate surface area is 81.4 Å². The molecular weight excluding hydrogens is 186 g/mol. The summed E-state index contributed by atoms with van der Waals surface area (Å²) in [4.78, 5) is 11.5. The Hall–Kier alpha value is -0.840. The Balaban J connectivity index is 3.41. The van der Waals surface area contributed by atoms with E-state index in [1.54, 1.807) is 4.57 Å². The first-order valence-electron chi connectivity index (χ1n) is 3.96. The standard InChI is InChI=1S/C8H13N3OS/c1-8(2,3)11-6(12)5-9-10-7(11)13-4/h5H,1-4H3. The van der Waals surface area contributed by atoms with Gasteiger partial charge in [-0.15, -0.1) is 5.10 Å². The summed E-state index contributed by atoms with van der Waals surface area (Å²) in [6.07, 6.45) is 3.12. The van der Waals surface area contributed by atoms with E-state index in [4.69, 9.17) is 0 Å². The Kier molecular flexibility index (Phi) is 2.75. The predicted octanol–water partition coefficient (Wildman–Crippen LogP) is 1.12. The van der Waals surface area contributed by atoms with Gasteiger partial charge in [-0.3, -0.25) is 9.36 Å². The van der Waals surface area contributed by atoms with Crippen molar-refractivity contribution in [3.05, 3.63) is 16.6 Å². The molecule has 1 aromatic rings. The zero-order chi connectivity index (χ0) is 10.1. The van der Waals surface area contributed by atoms with Crippen molar-refractivity contribution in [2.24, 2.45) is 0 Å². The van der Waals surface area contributed by atoms with Crippen LogP contribution >= 0.6 is 11.8 Å². The molecule has 0 unspecified atom stereocenters. The van der Waals surface area contributed by atoms with Crippen LogP contribution in [0.3, 0.4) is 0 Å². The first kappa shape index (κ1) is 10.2. The summed E-state index contributed by atoms with van der Waals surface area (Å²) in [5, 5.41) is 8.18. The number of nitrogens with zero attached hydrogens (tertiary/aromatic N) is 3. The average Bonchev–Trinajstić information content (AvgIpc) is 2.01. The molecule has 0 aliphatic carbocycles. The second-order valence-electron chi connectivity index (χ2n) is 3.68. The second kappa shape index (κ2) is 3.49. The van der Waals surface area contributed by atoms with E-state index in [2.05, 4.69) is 10.2 Å². The molecule has 0 N–H and O–H groups in total. The van der Waals surface area contributed by atoms with Crippen molar-refractivity contribution in [2.45, 2.75) is 31.5 Å². The molecule has 0 atom stereocenters. The molecule has 1 rings (SSSR count). The van der Waals surface area contributed by atoms with Crippen LogP contribution in [0, 0.1) is 0 Å². The molecule has 0 aliphatic rings. The Morgan fingerprint density at radius 3 is 2.46 bits per heavy atom. The molecule has 0 spiro atoms. The topological polar surface area (TPSA) is 47.8 Å². The van der Waals surface area contributed by atoms with Gasteiger partial charge in [-0.1, -0.05) is 11.8 Å². The fourth-order valence-corrected chi connectivity index (χ4v) is 1.75. The lowest BCUT2D eigenvalue weighted by Gasteiger charge is -2.23. The summed E-state index contributed by atoms with van der Waals surface area (Å²) in [6.45, 7) is 5.90. The van der Waals surface area contributed by atoms with E-state index < -0.39 is 0 Å². The summed E-state index contributed by atoms with van der Waals surface area (Å²) in [6, 6.07) is 0. The molecule has 72 valence electrons. The van der Waals surface area contributed by atoms with Crippen molar-refractivity contribution >= 4 is 11.8 Å². The zero-order valence-corrected chi connectivity index (χ0v) is 9.05. The van der Waals surface area contributed by atoms with E-state index in [0.717, 1.165) is 0 Å². The van der Waals surface area contributed by atoms with Gasteiger partial charge in [0.2, 0.25) is 0 Å². The van der Waals surface area contributed by atoms with Crippen LogP contribution in [-0.2, 0) is 5.54 Å². The van der Waals surface area contributed by atoms with Crippen LogP contribution in [0.1, 0.15) is 20.8 Å². The Morgan fingerprint density at radius 2 is 2.08 bits per heavy atom. The highest BCUT2D eigenvalue weighted by atomic mass is 32.2. The first-order valence-corrected chi connectivity index (χ1v) is 5.18. The van der Waals surface area contributed by atoms with Gasteiger partial charge in [0.15, 0.2) is 5.16 Å². The Bertz CT molecular complexity index is 353. The van der Waals surface area contributed by atoms with Gasteiger partial charge < -0.3 is 0 Å². The maximum absolute atomic E-state index is 11.5. The Morgan fingerprint density at radius 1 is 1.46 bits per heavy atom. The quantitative estimate of drug-likeness (QED) is 0.636. The summed E-state index contributed by atoms with van der Waals surface area (Å²) in [5.74, 6) is 0. The molecule has 5 heteroatoms. The summed E-state index contributed by atoms with van der Waals surface area (Å²) >= 11 is 1.43. The highest BCUT2D eigenvalue weighted by Crippen LogP contribution is 2.17. The van der Waals surface area contributed by atoms with Gasteiger partial charge in [-0.2, -0.15) is 5.10 Å². The minimum atomic E-state index is -0.245. The SMILES string of the molecule is CSc1nncc(=O)n1C(C)(C)C. The molecule has 13 heavy (non-hydrogen) atoms. The number of aromatic nitrogens is 3. The van der Waals surface area contributed by atoms with E-state index in [1.165, 1.54) is 18.0 Å². The molecule has 1 aromatic heterocycles. The van der Waals surface area contributed by atoms with E-state index in [9.17, 15) is 4.79 Å². The molecular formula is C8H13N3OS. The molecule has 0 saturated carbocycles. The van der Waals surface area contributed by atoms with Crippen LogP contribution in [0.2, 0.25) is 0 Å². The lowest BCUT2D eigenvalue weighted by Crippen LogP contribution is -2.35. The van der Waals surface area contributed by atoms with E-state index in [-0.39, 0.29) is 11.1 Å². The second-order valence-corrected chi connectivity index (χ2v) is 4.45. The van der Waals surface area contributed by atoms with Crippen molar-refractivity contribution in [3.63, 3.8) is 0 Å². The molecule has 0 aromatic carbocycles. The highest BCUT2D eigenvalue weighted by molar-refractivity contribution is 7.98. The maximum Gasteiger partial charge on any atom is 0.273 e. The van der Waals surface area contributed by atoms with Gasteiger partial charge in [0.05, 0.1) is 0 Å². The van der Waals surface area contributed by atoms with Gasteiger partial charge in [-0.05, 0) is 27.0 Å². The smallest absolute Gasteiger partial charge is 0.273 e. The van der Waals surface area contributed by atoms with Gasteiger partial charge in [0.1, 0.15) is 6.20 Å². The number of hydrogen-bond acceptors (Lipinski definition) is 4. The van der Waals surface area contributed by atoms with Gasteiger partial charge in [0.25, 0.3) is 5.56 Å². The molecule has 0 amide bonds. The van der Waals surface area contributed by atoms with Crippen molar-refractivity contribution in [1.82, 2.24) is 14.8 Å². The van der Waals surface area contributed by atoms with E-state index in [1.807, 2.05) is 27.0 Å². The van der Waals surface area contributed by atoms with Gasteiger partial charge in [-0.25, -0.2) is 0 Å². The fourth-order valence-electron chi connectivity index (χ4n) is 1.07. The van der Waals surface area contributed by atoms with Crippen molar-refractivity contribution in [1.29, 1.82) is 0 Å². The number of hydrogen-bond donors (Lipinski definition) is 0. The van der Waals surface area contributed by atoms with Crippen molar-refractivity contribution in [3.8, 4) is 0 Å². The molecule has 0 fully saturated rings. The predicted molar refractivity (Wildman–Crippen MR) is 53.1 cm³/mol. The van der Waals surface area contributed by atoms with Gasteiger partial charge >= 0.3 is 0 Å². The zero-order valence-electron chi connectivity index (χ0n) is 8.24. The largest absolute Gasteiger partial charge is 0.279 e. The number of rotatable bonds is 1. The van der Waals surface area contributed by atoms with Crippen LogP contribution in [0.15, 0.2) is 16.1 Å². The number of thioether (sulfide) groups is 1. The fraction of sp³-hybridized carbons (Fsp3) is 0.625. The maximum atomic E-state index is 11.5. The monoisotopic (exact) mass is 199 g/mol. The minimum Gasteiger partial charge on any atom is -0.279 e. The molecule has 1 heterocycles. The highest BCUT2D eigenvalue weighted by Gasteiger charge is 2.18. The van der Waals surface area contributed by atoms with Crippen LogP contribution in [0.25, 0.3) is 0 Å². The van der Waals surface area contributed by atoms with Crippen LogP contribution < -0.4 is 5.56 Å². The minimum absolute atomic E-state index is 0.105. The lowest BCUT2D eigenvalue weighted by molar-refractivity contribution is 0.340.